The topological polar surface area (TPSA) is 47.3 Å². The van der Waals surface area contributed by atoms with Gasteiger partial charge in [0.25, 0.3) is 0 Å². The van der Waals surface area contributed by atoms with Gasteiger partial charge in [0.15, 0.2) is 0 Å². The van der Waals surface area contributed by atoms with Gasteiger partial charge < -0.3 is 4.74 Å². The van der Waals surface area contributed by atoms with Gasteiger partial charge in [-0.15, -0.1) is 0 Å². The fraction of sp³-hybridized carbons (Fsp3) is 0.200. The maximum atomic E-state index is 5.96. The minimum atomic E-state index is -0.00699. The zero-order chi connectivity index (χ0) is 14.4. The lowest BCUT2D eigenvalue weighted by Gasteiger charge is -2.17. The molecule has 0 heterocycles. The van der Waals surface area contributed by atoms with Gasteiger partial charge in [-0.2, -0.15) is 0 Å². The first-order chi connectivity index (χ1) is 9.67. The number of nitrogens with two attached hydrogens (primary N) is 1. The Balaban J connectivity index is 1.92. The molecule has 0 saturated heterocycles. The van der Waals surface area contributed by atoms with Gasteiger partial charge in [-0.1, -0.05) is 41.4 Å². The summed E-state index contributed by atoms with van der Waals surface area (Å²) in [5, 5.41) is 1.36. The zero-order valence-corrected chi connectivity index (χ0v) is 12.4. The van der Waals surface area contributed by atoms with Crippen molar-refractivity contribution in [2.24, 2.45) is 5.84 Å². The van der Waals surface area contributed by atoms with Gasteiger partial charge in [0.2, 0.25) is 0 Å². The number of ether oxygens (including phenoxy) is 1. The van der Waals surface area contributed by atoms with E-state index in [0.717, 1.165) is 17.7 Å². The monoisotopic (exact) mass is 310 g/mol. The van der Waals surface area contributed by atoms with Crippen molar-refractivity contribution in [2.75, 3.05) is 6.61 Å². The van der Waals surface area contributed by atoms with Crippen LogP contribution in [0.25, 0.3) is 0 Å². The van der Waals surface area contributed by atoms with Crippen LogP contribution in [0, 0.1) is 0 Å². The van der Waals surface area contributed by atoms with Gasteiger partial charge in [-0.25, -0.2) is 0 Å². The number of halogens is 2. The Morgan fingerprint density at radius 2 is 1.75 bits per heavy atom. The number of nitrogens with one attached hydrogen (secondary N) is 1. The predicted octanol–water partition coefficient (Wildman–Crippen LogP) is 3.45. The molecule has 106 valence electrons. The molecule has 0 amide bonds. The second-order valence-electron chi connectivity index (χ2n) is 4.47. The van der Waals surface area contributed by atoms with E-state index in [1.807, 2.05) is 36.4 Å². The molecular weight excluding hydrogens is 295 g/mol. The molecule has 0 aromatic heterocycles. The third-order valence-electron chi connectivity index (χ3n) is 2.85. The second-order valence-corrected chi connectivity index (χ2v) is 5.34. The van der Waals surface area contributed by atoms with Crippen LogP contribution in [-0.4, -0.2) is 12.6 Å². The first kappa shape index (κ1) is 15.1. The van der Waals surface area contributed by atoms with Gasteiger partial charge in [0.05, 0.1) is 6.04 Å². The fourth-order valence-corrected chi connectivity index (χ4v) is 2.26. The maximum Gasteiger partial charge on any atom is 0.120 e. The Morgan fingerprint density at radius 3 is 2.40 bits per heavy atom. The molecule has 0 saturated carbocycles. The van der Waals surface area contributed by atoms with E-state index in [2.05, 4.69) is 5.43 Å². The summed E-state index contributed by atoms with van der Waals surface area (Å²) in [7, 11) is 0. The molecular formula is C15H16Cl2N2O. The van der Waals surface area contributed by atoms with Crippen molar-refractivity contribution in [1.29, 1.82) is 0 Å². The van der Waals surface area contributed by atoms with Crippen molar-refractivity contribution >= 4 is 23.2 Å². The Morgan fingerprint density at radius 1 is 1.05 bits per heavy atom. The average Bonchev–Trinajstić information content (AvgIpc) is 2.43. The van der Waals surface area contributed by atoms with Crippen LogP contribution in [0.3, 0.4) is 0 Å². The molecule has 0 aliphatic rings. The summed E-state index contributed by atoms with van der Waals surface area (Å²) in [4.78, 5) is 0. The lowest BCUT2D eigenvalue weighted by Crippen LogP contribution is -2.41. The summed E-state index contributed by atoms with van der Waals surface area (Å²) in [5.41, 5.74) is 3.86. The van der Waals surface area contributed by atoms with Crippen molar-refractivity contribution in [1.82, 2.24) is 5.43 Å². The molecule has 20 heavy (non-hydrogen) atoms. The first-order valence-electron chi connectivity index (χ1n) is 6.26. The Labute approximate surface area is 128 Å². The Kier molecular flexibility index (Phi) is 5.68. The van der Waals surface area contributed by atoms with Crippen LogP contribution < -0.4 is 16.0 Å². The molecule has 0 bridgehead atoms. The largest absolute Gasteiger partial charge is 0.492 e. The summed E-state index contributed by atoms with van der Waals surface area (Å²) < 4.78 is 5.68. The molecule has 2 rings (SSSR count). The van der Waals surface area contributed by atoms with E-state index in [1.165, 1.54) is 0 Å². The Bertz CT molecular complexity index is 563. The fourth-order valence-electron chi connectivity index (χ4n) is 1.87. The van der Waals surface area contributed by atoms with Crippen molar-refractivity contribution in [3.05, 3.63) is 64.1 Å². The molecule has 1 atom stereocenters. The van der Waals surface area contributed by atoms with Crippen LogP contribution >= 0.6 is 23.2 Å². The van der Waals surface area contributed by atoms with E-state index in [9.17, 15) is 0 Å². The normalized spacial score (nSPS) is 12.2. The van der Waals surface area contributed by atoms with Crippen molar-refractivity contribution in [2.45, 2.75) is 12.5 Å². The summed E-state index contributed by atoms with van der Waals surface area (Å²) in [6.07, 6.45) is 0.734. The van der Waals surface area contributed by atoms with Gasteiger partial charge in [0.1, 0.15) is 12.4 Å². The van der Waals surface area contributed by atoms with Gasteiger partial charge >= 0.3 is 0 Å². The number of benzene rings is 2. The number of rotatable bonds is 6. The highest BCUT2D eigenvalue weighted by Gasteiger charge is 2.09. The quantitative estimate of drug-likeness (QED) is 0.634. The van der Waals surface area contributed by atoms with E-state index in [4.69, 9.17) is 33.8 Å². The van der Waals surface area contributed by atoms with Crippen molar-refractivity contribution in [3.8, 4) is 5.75 Å². The van der Waals surface area contributed by atoms with Crippen molar-refractivity contribution < 1.29 is 4.74 Å². The van der Waals surface area contributed by atoms with Gasteiger partial charge in [-0.05, 0) is 42.3 Å². The summed E-state index contributed by atoms with van der Waals surface area (Å²) in [5.74, 6) is 6.29. The molecule has 0 aliphatic carbocycles. The third-order valence-corrected chi connectivity index (χ3v) is 3.32. The predicted molar refractivity (Wildman–Crippen MR) is 83.2 cm³/mol. The summed E-state index contributed by atoms with van der Waals surface area (Å²) in [6, 6.07) is 15.0. The van der Waals surface area contributed by atoms with E-state index in [1.54, 1.807) is 12.1 Å². The molecule has 0 spiro atoms. The Hall–Kier alpha value is -1.26. The minimum Gasteiger partial charge on any atom is -0.492 e. The molecule has 2 aromatic rings. The van der Waals surface area contributed by atoms with E-state index >= 15 is 0 Å². The molecule has 0 fully saturated rings. The number of hydrogen-bond acceptors (Lipinski definition) is 3. The highest BCUT2D eigenvalue weighted by molar-refractivity contribution is 6.30. The first-order valence-corrected chi connectivity index (χ1v) is 7.02. The SMILES string of the molecule is NNC(COc1cccc(Cl)c1)Cc1cccc(Cl)c1. The number of hydrazine groups is 1. The summed E-state index contributed by atoms with van der Waals surface area (Å²) >= 11 is 11.9. The third kappa shape index (κ3) is 4.69. The molecule has 1 unspecified atom stereocenters. The van der Waals surface area contributed by atoms with E-state index in [-0.39, 0.29) is 6.04 Å². The number of hydrogen-bond donors (Lipinski definition) is 2. The lowest BCUT2D eigenvalue weighted by atomic mass is 10.1. The zero-order valence-electron chi connectivity index (χ0n) is 10.9. The highest BCUT2D eigenvalue weighted by atomic mass is 35.5. The minimum absolute atomic E-state index is 0.00699. The van der Waals surface area contributed by atoms with Crippen molar-refractivity contribution in [3.63, 3.8) is 0 Å². The van der Waals surface area contributed by atoms with Crippen LogP contribution in [0.5, 0.6) is 5.75 Å². The molecule has 0 aliphatic heterocycles. The molecule has 0 radical (unpaired) electrons. The van der Waals surface area contributed by atoms with Crippen LogP contribution in [-0.2, 0) is 6.42 Å². The molecule has 3 nitrogen and oxygen atoms in total. The van der Waals surface area contributed by atoms with Crippen LogP contribution in [0.1, 0.15) is 5.56 Å². The lowest BCUT2D eigenvalue weighted by molar-refractivity contribution is 0.264. The van der Waals surface area contributed by atoms with Gasteiger partial charge in [0, 0.05) is 10.0 Å². The van der Waals surface area contributed by atoms with Crippen LogP contribution in [0.4, 0.5) is 0 Å². The molecule has 2 aromatic carbocycles. The average molecular weight is 311 g/mol. The van der Waals surface area contributed by atoms with Crippen LogP contribution in [0.2, 0.25) is 10.0 Å². The van der Waals surface area contributed by atoms with E-state index in [0.29, 0.717) is 16.7 Å². The van der Waals surface area contributed by atoms with E-state index < -0.39 is 0 Å². The van der Waals surface area contributed by atoms with Crippen LogP contribution in [0.15, 0.2) is 48.5 Å². The standard InChI is InChI=1S/C15H16Cl2N2O/c16-12-4-1-3-11(7-12)8-14(19-18)10-20-15-6-2-5-13(17)9-15/h1-7,9,14,19H,8,10,18H2. The smallest absolute Gasteiger partial charge is 0.120 e. The second kappa shape index (κ2) is 7.50. The highest BCUT2D eigenvalue weighted by Crippen LogP contribution is 2.18. The van der Waals surface area contributed by atoms with Gasteiger partial charge in [-0.3, -0.25) is 11.3 Å². The summed E-state index contributed by atoms with van der Waals surface area (Å²) in [6.45, 7) is 0.448. The molecule has 5 heteroatoms. The maximum absolute atomic E-state index is 5.96. The molecule has 3 N–H and O–H groups in total.